The minimum Gasteiger partial charge on any atom is -0.494 e. The van der Waals surface area contributed by atoms with Gasteiger partial charge in [0.05, 0.1) is 6.61 Å². The molecule has 0 atom stereocenters. The molecule has 0 aliphatic rings. The average molecular weight is 272 g/mol. The van der Waals surface area contributed by atoms with Crippen LogP contribution in [0.4, 0.5) is 0 Å². The van der Waals surface area contributed by atoms with Gasteiger partial charge in [0.2, 0.25) is 0 Å². The Kier molecular flexibility index (Phi) is 4.63. The summed E-state index contributed by atoms with van der Waals surface area (Å²) >= 11 is 0. The topological polar surface area (TPSA) is 73.9 Å². The maximum absolute atomic E-state index is 5.56. The van der Waals surface area contributed by atoms with E-state index in [2.05, 4.69) is 15.0 Å². The van der Waals surface area contributed by atoms with Gasteiger partial charge >= 0.3 is 0 Å². The largest absolute Gasteiger partial charge is 0.494 e. The van der Waals surface area contributed by atoms with Gasteiger partial charge in [0.1, 0.15) is 17.4 Å². The van der Waals surface area contributed by atoms with Crippen molar-refractivity contribution in [3.63, 3.8) is 0 Å². The fourth-order valence-corrected chi connectivity index (χ4v) is 2.01. The molecule has 0 bridgehead atoms. The lowest BCUT2D eigenvalue weighted by Crippen LogP contribution is -2.09. The minimum absolute atomic E-state index is 0.533. The van der Waals surface area contributed by atoms with Gasteiger partial charge in [0.15, 0.2) is 5.82 Å². The van der Waals surface area contributed by atoms with E-state index < -0.39 is 0 Å². The van der Waals surface area contributed by atoms with E-state index in [4.69, 9.17) is 10.5 Å². The zero-order valence-corrected chi connectivity index (χ0v) is 12.2. The zero-order chi connectivity index (χ0) is 14.5. The zero-order valence-electron chi connectivity index (χ0n) is 12.2. The molecular formula is C15H20N4O. The second kappa shape index (κ2) is 6.43. The number of aryl methyl sites for hydroxylation is 2. The van der Waals surface area contributed by atoms with Crippen molar-refractivity contribution in [1.29, 1.82) is 0 Å². The Hall–Kier alpha value is -2.01. The Morgan fingerprint density at radius 2 is 1.95 bits per heavy atom. The molecule has 1 heterocycles. The Bertz CT molecular complexity index is 598. The second-order valence-electron chi connectivity index (χ2n) is 4.57. The summed E-state index contributed by atoms with van der Waals surface area (Å²) in [7, 11) is 0. The van der Waals surface area contributed by atoms with E-state index in [1.54, 1.807) is 0 Å². The number of rotatable bonds is 5. The molecular weight excluding hydrogens is 252 g/mol. The van der Waals surface area contributed by atoms with Crippen molar-refractivity contribution in [2.75, 3.05) is 13.2 Å². The molecule has 0 aliphatic heterocycles. The van der Waals surface area contributed by atoms with Gasteiger partial charge in [0.25, 0.3) is 0 Å². The minimum atomic E-state index is 0.533. The van der Waals surface area contributed by atoms with Gasteiger partial charge in [0, 0.05) is 12.0 Å². The predicted octanol–water partition coefficient (Wildman–Crippen LogP) is 2.06. The van der Waals surface area contributed by atoms with Crippen LogP contribution < -0.4 is 10.5 Å². The number of aromatic nitrogens is 3. The first-order chi connectivity index (χ1) is 9.63. The number of ether oxygens (including phenoxy) is 1. The lowest BCUT2D eigenvalue weighted by Gasteiger charge is -2.09. The van der Waals surface area contributed by atoms with Gasteiger partial charge < -0.3 is 10.5 Å². The molecule has 0 spiro atoms. The monoisotopic (exact) mass is 272 g/mol. The van der Waals surface area contributed by atoms with Crippen LogP contribution in [0, 0.1) is 13.8 Å². The number of benzene rings is 1. The fourth-order valence-electron chi connectivity index (χ4n) is 2.01. The molecule has 20 heavy (non-hydrogen) atoms. The summed E-state index contributed by atoms with van der Waals surface area (Å²) in [5.74, 6) is 3.03. The third kappa shape index (κ3) is 3.30. The van der Waals surface area contributed by atoms with Gasteiger partial charge in [-0.15, -0.1) is 0 Å². The van der Waals surface area contributed by atoms with E-state index in [1.807, 2.05) is 39.0 Å². The van der Waals surface area contributed by atoms with Crippen LogP contribution in [0.25, 0.3) is 11.4 Å². The van der Waals surface area contributed by atoms with Gasteiger partial charge in [-0.05, 0) is 51.1 Å². The Morgan fingerprint density at radius 1 is 1.15 bits per heavy atom. The molecule has 2 aromatic rings. The van der Waals surface area contributed by atoms with Gasteiger partial charge in [-0.25, -0.2) is 15.0 Å². The molecule has 5 heteroatoms. The molecule has 0 amide bonds. The lowest BCUT2D eigenvalue weighted by atomic mass is 10.1. The van der Waals surface area contributed by atoms with Crippen molar-refractivity contribution < 1.29 is 4.74 Å². The molecule has 5 nitrogen and oxygen atoms in total. The van der Waals surface area contributed by atoms with Crippen LogP contribution >= 0.6 is 0 Å². The Labute approximate surface area is 119 Å². The molecule has 0 saturated heterocycles. The van der Waals surface area contributed by atoms with Crippen LogP contribution in [0.2, 0.25) is 0 Å². The standard InChI is InChI=1S/C15H20N4O/c1-4-20-13-6-5-12(9-10(13)2)15-18-11(3)17-14(19-15)7-8-16/h5-6,9H,4,7-8,16H2,1-3H3. The van der Waals surface area contributed by atoms with Crippen molar-refractivity contribution in [3.8, 4) is 17.1 Å². The van der Waals surface area contributed by atoms with Crippen molar-refractivity contribution >= 4 is 0 Å². The highest BCUT2D eigenvalue weighted by Crippen LogP contribution is 2.24. The van der Waals surface area contributed by atoms with Crippen molar-refractivity contribution in [3.05, 3.63) is 35.4 Å². The first kappa shape index (κ1) is 14.4. The Balaban J connectivity index is 2.38. The van der Waals surface area contributed by atoms with E-state index in [9.17, 15) is 0 Å². The van der Waals surface area contributed by atoms with E-state index in [0.29, 0.717) is 31.2 Å². The van der Waals surface area contributed by atoms with Crippen molar-refractivity contribution in [2.24, 2.45) is 5.73 Å². The fraction of sp³-hybridized carbons (Fsp3) is 0.400. The molecule has 0 aliphatic carbocycles. The van der Waals surface area contributed by atoms with Crippen LogP contribution in [-0.4, -0.2) is 28.1 Å². The Morgan fingerprint density at radius 3 is 2.60 bits per heavy atom. The maximum atomic E-state index is 5.56. The predicted molar refractivity (Wildman–Crippen MR) is 78.7 cm³/mol. The third-order valence-corrected chi connectivity index (χ3v) is 2.89. The summed E-state index contributed by atoms with van der Waals surface area (Å²) in [6.07, 6.45) is 0.659. The summed E-state index contributed by atoms with van der Waals surface area (Å²) in [5.41, 5.74) is 7.60. The van der Waals surface area contributed by atoms with Gasteiger partial charge in [-0.2, -0.15) is 0 Å². The highest BCUT2D eigenvalue weighted by molar-refractivity contribution is 5.58. The molecule has 0 radical (unpaired) electrons. The normalized spacial score (nSPS) is 10.6. The SMILES string of the molecule is CCOc1ccc(-c2nc(C)nc(CCN)n2)cc1C. The van der Waals surface area contributed by atoms with E-state index in [0.717, 1.165) is 22.7 Å². The summed E-state index contributed by atoms with van der Waals surface area (Å²) in [6, 6.07) is 5.96. The molecule has 2 N–H and O–H groups in total. The average Bonchev–Trinajstić information content (AvgIpc) is 2.41. The van der Waals surface area contributed by atoms with Crippen LogP contribution in [0.5, 0.6) is 5.75 Å². The van der Waals surface area contributed by atoms with Crippen molar-refractivity contribution in [1.82, 2.24) is 15.0 Å². The summed E-state index contributed by atoms with van der Waals surface area (Å²) < 4.78 is 5.54. The first-order valence-electron chi connectivity index (χ1n) is 6.79. The lowest BCUT2D eigenvalue weighted by molar-refractivity contribution is 0.338. The van der Waals surface area contributed by atoms with Crippen LogP contribution in [0.15, 0.2) is 18.2 Å². The second-order valence-corrected chi connectivity index (χ2v) is 4.57. The van der Waals surface area contributed by atoms with Crippen molar-refractivity contribution in [2.45, 2.75) is 27.2 Å². The van der Waals surface area contributed by atoms with E-state index in [1.165, 1.54) is 0 Å². The molecule has 2 rings (SSSR count). The number of hydrogen-bond acceptors (Lipinski definition) is 5. The number of nitrogens with two attached hydrogens (primary N) is 1. The summed E-state index contributed by atoms with van der Waals surface area (Å²) in [5, 5.41) is 0. The first-order valence-corrected chi connectivity index (χ1v) is 6.79. The summed E-state index contributed by atoms with van der Waals surface area (Å²) in [4.78, 5) is 13.2. The molecule has 1 aromatic heterocycles. The third-order valence-electron chi connectivity index (χ3n) is 2.89. The highest BCUT2D eigenvalue weighted by atomic mass is 16.5. The molecule has 0 saturated carbocycles. The summed E-state index contributed by atoms with van der Waals surface area (Å²) in [6.45, 7) is 7.05. The molecule has 0 unspecified atom stereocenters. The quantitative estimate of drug-likeness (QED) is 0.901. The van der Waals surface area contributed by atoms with E-state index in [-0.39, 0.29) is 0 Å². The van der Waals surface area contributed by atoms with Gasteiger partial charge in [-0.1, -0.05) is 0 Å². The molecule has 0 fully saturated rings. The van der Waals surface area contributed by atoms with Gasteiger partial charge in [-0.3, -0.25) is 0 Å². The molecule has 106 valence electrons. The van der Waals surface area contributed by atoms with E-state index >= 15 is 0 Å². The van der Waals surface area contributed by atoms with Crippen LogP contribution in [-0.2, 0) is 6.42 Å². The maximum Gasteiger partial charge on any atom is 0.163 e. The smallest absolute Gasteiger partial charge is 0.163 e. The van der Waals surface area contributed by atoms with Crippen LogP contribution in [0.3, 0.4) is 0 Å². The highest BCUT2D eigenvalue weighted by Gasteiger charge is 2.08. The number of nitrogens with zero attached hydrogens (tertiary/aromatic N) is 3. The van der Waals surface area contributed by atoms with Crippen LogP contribution in [0.1, 0.15) is 24.1 Å². The number of hydrogen-bond donors (Lipinski definition) is 1. The molecule has 1 aromatic carbocycles.